The van der Waals surface area contributed by atoms with Gasteiger partial charge in [0.2, 0.25) is 5.91 Å². The molecule has 0 atom stereocenters. The van der Waals surface area contributed by atoms with E-state index in [1.54, 1.807) is 24.0 Å². The van der Waals surface area contributed by atoms with Gasteiger partial charge in [0.15, 0.2) is 0 Å². The molecule has 0 aliphatic carbocycles. The fourth-order valence-electron chi connectivity index (χ4n) is 1.99. The van der Waals surface area contributed by atoms with E-state index in [1.165, 1.54) is 6.07 Å². The number of carboxylic acid groups (broad SMARTS) is 1. The highest BCUT2D eigenvalue weighted by atomic mass is 16.5. The van der Waals surface area contributed by atoms with Gasteiger partial charge in [0.1, 0.15) is 11.3 Å². The molecule has 5 heteroatoms. The molecule has 0 radical (unpaired) electrons. The van der Waals surface area contributed by atoms with Crippen molar-refractivity contribution < 1.29 is 19.4 Å². The summed E-state index contributed by atoms with van der Waals surface area (Å²) < 4.78 is 5.33. The van der Waals surface area contributed by atoms with Crippen LogP contribution < -0.4 is 4.74 Å². The van der Waals surface area contributed by atoms with E-state index < -0.39 is 5.97 Å². The molecule has 0 spiro atoms. The minimum absolute atomic E-state index is 0.0283. The maximum absolute atomic E-state index is 12.0. The number of benzene rings is 1. The van der Waals surface area contributed by atoms with E-state index in [-0.39, 0.29) is 17.9 Å². The molecule has 1 N–H and O–H groups in total. The van der Waals surface area contributed by atoms with Gasteiger partial charge in [-0.1, -0.05) is 6.07 Å². The van der Waals surface area contributed by atoms with Crippen LogP contribution in [0.4, 0.5) is 0 Å². The van der Waals surface area contributed by atoms with Crippen LogP contribution in [0.25, 0.3) is 0 Å². The zero-order chi connectivity index (χ0) is 15.1. The zero-order valence-electron chi connectivity index (χ0n) is 12.2. The molecule has 0 aliphatic heterocycles. The van der Waals surface area contributed by atoms with Gasteiger partial charge in [-0.25, -0.2) is 4.79 Å². The van der Waals surface area contributed by atoms with Crippen LogP contribution in [0, 0.1) is 0 Å². The smallest absolute Gasteiger partial charge is 0.339 e. The van der Waals surface area contributed by atoms with E-state index in [0.29, 0.717) is 25.4 Å². The molecular formula is C15H21NO4. The third-order valence-electron chi connectivity index (χ3n) is 3.05. The average Bonchev–Trinajstić information content (AvgIpc) is 2.40. The van der Waals surface area contributed by atoms with Crippen LogP contribution in [0.1, 0.15) is 36.7 Å². The maximum Gasteiger partial charge on any atom is 0.339 e. The van der Waals surface area contributed by atoms with Crippen molar-refractivity contribution >= 4 is 11.9 Å². The Labute approximate surface area is 119 Å². The third-order valence-corrected chi connectivity index (χ3v) is 3.05. The van der Waals surface area contributed by atoms with Gasteiger partial charge < -0.3 is 14.7 Å². The van der Waals surface area contributed by atoms with Gasteiger partial charge in [-0.3, -0.25) is 4.79 Å². The lowest BCUT2D eigenvalue weighted by Gasteiger charge is -2.19. The predicted octanol–water partition coefficient (Wildman–Crippen LogP) is 2.19. The van der Waals surface area contributed by atoms with Crippen molar-refractivity contribution in [1.29, 1.82) is 0 Å². The van der Waals surface area contributed by atoms with Crippen LogP contribution in [0.15, 0.2) is 18.2 Å². The number of nitrogens with zero attached hydrogens (tertiary/aromatic N) is 1. The molecule has 0 fully saturated rings. The number of aromatic carboxylic acids is 1. The van der Waals surface area contributed by atoms with Gasteiger partial charge >= 0.3 is 5.97 Å². The highest BCUT2D eigenvalue weighted by Crippen LogP contribution is 2.21. The topological polar surface area (TPSA) is 66.8 Å². The summed E-state index contributed by atoms with van der Waals surface area (Å²) in [7, 11) is 0. The molecule has 0 heterocycles. The van der Waals surface area contributed by atoms with Crippen LogP contribution in [0.3, 0.4) is 0 Å². The number of hydrogen-bond donors (Lipinski definition) is 1. The number of carbonyl (C=O) groups is 2. The highest BCUT2D eigenvalue weighted by molar-refractivity contribution is 5.91. The SMILES string of the molecule is CCOc1cc(CC(=O)N(CC)CC)ccc1C(=O)O. The van der Waals surface area contributed by atoms with Crippen LogP contribution >= 0.6 is 0 Å². The average molecular weight is 279 g/mol. The Balaban J connectivity index is 2.94. The van der Waals surface area contributed by atoms with Crippen molar-refractivity contribution in [2.75, 3.05) is 19.7 Å². The summed E-state index contributed by atoms with van der Waals surface area (Å²) in [6.07, 6.45) is 0.252. The van der Waals surface area contributed by atoms with E-state index in [1.807, 2.05) is 13.8 Å². The van der Waals surface area contributed by atoms with E-state index in [4.69, 9.17) is 9.84 Å². The molecule has 5 nitrogen and oxygen atoms in total. The van der Waals surface area contributed by atoms with Crippen molar-refractivity contribution in [1.82, 2.24) is 4.90 Å². The highest BCUT2D eigenvalue weighted by Gasteiger charge is 2.15. The number of likely N-dealkylation sites (N-methyl/N-ethyl adjacent to an activating group) is 1. The predicted molar refractivity (Wildman–Crippen MR) is 76.2 cm³/mol. The van der Waals surface area contributed by atoms with Crippen molar-refractivity contribution in [2.45, 2.75) is 27.2 Å². The third kappa shape index (κ3) is 3.98. The largest absolute Gasteiger partial charge is 0.493 e. The van der Waals surface area contributed by atoms with Crippen molar-refractivity contribution in [3.63, 3.8) is 0 Å². The Morgan fingerprint density at radius 1 is 1.20 bits per heavy atom. The number of amides is 1. The molecule has 0 bridgehead atoms. The zero-order valence-corrected chi connectivity index (χ0v) is 12.2. The molecule has 20 heavy (non-hydrogen) atoms. The van der Waals surface area contributed by atoms with Crippen molar-refractivity contribution in [2.24, 2.45) is 0 Å². The Bertz CT molecular complexity index is 481. The molecule has 1 amide bonds. The van der Waals surface area contributed by atoms with Crippen LogP contribution in [0.5, 0.6) is 5.75 Å². The lowest BCUT2D eigenvalue weighted by molar-refractivity contribution is -0.130. The lowest BCUT2D eigenvalue weighted by Crippen LogP contribution is -2.31. The number of carboxylic acids is 1. The second kappa shape index (κ2) is 7.53. The summed E-state index contributed by atoms with van der Waals surface area (Å²) in [5, 5.41) is 9.07. The minimum Gasteiger partial charge on any atom is -0.493 e. The van der Waals surface area contributed by atoms with Crippen LogP contribution in [-0.4, -0.2) is 41.6 Å². The first-order valence-corrected chi connectivity index (χ1v) is 6.80. The Morgan fingerprint density at radius 3 is 2.35 bits per heavy atom. The first-order valence-electron chi connectivity index (χ1n) is 6.80. The number of hydrogen-bond acceptors (Lipinski definition) is 3. The normalized spacial score (nSPS) is 10.2. The molecule has 1 aromatic rings. The molecule has 1 aromatic carbocycles. The van der Waals surface area contributed by atoms with Crippen LogP contribution in [0.2, 0.25) is 0 Å². The molecular weight excluding hydrogens is 258 g/mol. The summed E-state index contributed by atoms with van der Waals surface area (Å²) in [5.41, 5.74) is 0.876. The number of rotatable bonds is 7. The molecule has 0 unspecified atom stereocenters. The van der Waals surface area contributed by atoms with Gasteiger partial charge in [-0.05, 0) is 38.5 Å². The van der Waals surface area contributed by atoms with Gasteiger partial charge in [-0.15, -0.1) is 0 Å². The fourth-order valence-corrected chi connectivity index (χ4v) is 1.99. The van der Waals surface area contributed by atoms with Crippen molar-refractivity contribution in [3.05, 3.63) is 29.3 Å². The second-order valence-electron chi connectivity index (χ2n) is 4.31. The summed E-state index contributed by atoms with van der Waals surface area (Å²) in [4.78, 5) is 24.8. The Morgan fingerprint density at radius 2 is 1.85 bits per heavy atom. The van der Waals surface area contributed by atoms with Crippen LogP contribution in [-0.2, 0) is 11.2 Å². The molecule has 1 rings (SSSR count). The fraction of sp³-hybridized carbons (Fsp3) is 0.467. The molecule has 0 aromatic heterocycles. The first-order chi connectivity index (χ1) is 9.53. The summed E-state index contributed by atoms with van der Waals surface area (Å²) in [6.45, 7) is 7.37. The Hall–Kier alpha value is -2.04. The molecule has 110 valence electrons. The van der Waals surface area contributed by atoms with E-state index in [0.717, 1.165) is 5.56 Å². The summed E-state index contributed by atoms with van der Waals surface area (Å²) >= 11 is 0. The van der Waals surface area contributed by atoms with Crippen molar-refractivity contribution in [3.8, 4) is 5.75 Å². The van der Waals surface area contributed by atoms with Gasteiger partial charge in [0.25, 0.3) is 0 Å². The molecule has 0 aliphatic rings. The minimum atomic E-state index is -1.03. The van der Waals surface area contributed by atoms with E-state index in [2.05, 4.69) is 0 Å². The summed E-state index contributed by atoms with van der Waals surface area (Å²) in [6, 6.07) is 4.78. The number of ether oxygens (including phenoxy) is 1. The van der Waals surface area contributed by atoms with Gasteiger partial charge in [0.05, 0.1) is 13.0 Å². The number of carbonyl (C=O) groups excluding carboxylic acids is 1. The first kappa shape index (κ1) is 16.0. The lowest BCUT2D eigenvalue weighted by atomic mass is 10.1. The Kier molecular flexibility index (Phi) is 6.03. The van der Waals surface area contributed by atoms with Gasteiger partial charge in [-0.2, -0.15) is 0 Å². The van der Waals surface area contributed by atoms with E-state index >= 15 is 0 Å². The standard InChI is InChI=1S/C15H21NO4/c1-4-16(5-2)14(17)10-11-7-8-12(15(18)19)13(9-11)20-6-3/h7-9H,4-6,10H2,1-3H3,(H,18,19). The monoisotopic (exact) mass is 279 g/mol. The maximum atomic E-state index is 12.0. The quantitative estimate of drug-likeness (QED) is 0.831. The van der Waals surface area contributed by atoms with E-state index in [9.17, 15) is 9.59 Å². The summed E-state index contributed by atoms with van der Waals surface area (Å²) in [5.74, 6) is -0.694. The molecule has 0 saturated carbocycles. The molecule has 0 saturated heterocycles. The van der Waals surface area contributed by atoms with Gasteiger partial charge in [0, 0.05) is 13.1 Å². The second-order valence-corrected chi connectivity index (χ2v) is 4.31.